The minimum Gasteiger partial charge on any atom is -0.466 e. The molecule has 0 atom stereocenters. The molecule has 0 aromatic carbocycles. The second-order valence-electron chi connectivity index (χ2n) is 3.83. The summed E-state index contributed by atoms with van der Waals surface area (Å²) in [6.45, 7) is 3.53. The summed E-state index contributed by atoms with van der Waals surface area (Å²) in [5.41, 5.74) is 0. The Morgan fingerprint density at radius 1 is 1.21 bits per heavy atom. The average Bonchev–Trinajstić information content (AvgIpc) is 2.14. The molecular weight excluding hydrogens is 178 g/mol. The van der Waals surface area contributed by atoms with Gasteiger partial charge >= 0.3 is 5.97 Å². The highest BCUT2D eigenvalue weighted by Gasteiger charge is 2.02. The Labute approximate surface area is 87.4 Å². The summed E-state index contributed by atoms with van der Waals surface area (Å²) in [5, 5.41) is 0. The van der Waals surface area contributed by atoms with Crippen LogP contribution in [-0.4, -0.2) is 38.1 Å². The lowest BCUT2D eigenvalue weighted by Gasteiger charge is -2.08. The van der Waals surface area contributed by atoms with Crippen LogP contribution >= 0.6 is 0 Å². The number of rotatable bonds is 8. The second kappa shape index (κ2) is 9.00. The van der Waals surface area contributed by atoms with E-state index >= 15 is 0 Å². The zero-order valence-corrected chi connectivity index (χ0v) is 9.71. The summed E-state index contributed by atoms with van der Waals surface area (Å²) in [5.74, 6) is -0.0739. The van der Waals surface area contributed by atoms with Gasteiger partial charge in [0.1, 0.15) is 0 Å². The molecule has 0 rings (SSSR count). The molecule has 0 aliphatic carbocycles. The van der Waals surface area contributed by atoms with E-state index in [0.29, 0.717) is 13.0 Å². The van der Waals surface area contributed by atoms with Gasteiger partial charge in [0.05, 0.1) is 13.0 Å². The normalized spacial score (nSPS) is 10.6. The molecule has 3 nitrogen and oxygen atoms in total. The fourth-order valence-electron chi connectivity index (χ4n) is 1.10. The second-order valence-corrected chi connectivity index (χ2v) is 3.83. The number of nitrogens with zero attached hydrogens (tertiary/aromatic N) is 1. The third-order valence-corrected chi connectivity index (χ3v) is 2.02. The van der Waals surface area contributed by atoms with Gasteiger partial charge in [0.2, 0.25) is 0 Å². The van der Waals surface area contributed by atoms with Crippen molar-refractivity contribution < 1.29 is 9.53 Å². The molecule has 3 heteroatoms. The van der Waals surface area contributed by atoms with Crippen LogP contribution in [-0.2, 0) is 9.53 Å². The highest BCUT2D eigenvalue weighted by atomic mass is 16.5. The van der Waals surface area contributed by atoms with Gasteiger partial charge < -0.3 is 9.64 Å². The van der Waals surface area contributed by atoms with E-state index in [1.807, 2.05) is 19.0 Å². The Kier molecular flexibility index (Phi) is 8.64. The van der Waals surface area contributed by atoms with Gasteiger partial charge in [-0.25, -0.2) is 0 Å². The van der Waals surface area contributed by atoms with Gasteiger partial charge in [0.15, 0.2) is 0 Å². The molecule has 0 bridgehead atoms. The molecule has 0 aliphatic heterocycles. The van der Waals surface area contributed by atoms with Gasteiger partial charge in [0, 0.05) is 6.54 Å². The van der Waals surface area contributed by atoms with Crippen LogP contribution in [0.2, 0.25) is 0 Å². The standard InChI is InChI=1S/C11H23NO2/c1-4-5-6-7-10-14-11(13)8-9-12(2)3/h4-10H2,1-3H3. The molecule has 0 aliphatic rings. The lowest BCUT2D eigenvalue weighted by Crippen LogP contribution is -2.18. The highest BCUT2D eigenvalue weighted by molar-refractivity contribution is 5.69. The molecule has 0 spiro atoms. The van der Waals surface area contributed by atoms with Crippen LogP contribution in [0.15, 0.2) is 0 Å². The van der Waals surface area contributed by atoms with E-state index < -0.39 is 0 Å². The van der Waals surface area contributed by atoms with Gasteiger partial charge in [-0.2, -0.15) is 0 Å². The first-order valence-electron chi connectivity index (χ1n) is 5.47. The largest absolute Gasteiger partial charge is 0.466 e. The number of carbonyl (C=O) groups is 1. The molecule has 14 heavy (non-hydrogen) atoms. The van der Waals surface area contributed by atoms with Gasteiger partial charge in [-0.3, -0.25) is 4.79 Å². The Hall–Kier alpha value is -0.570. The SMILES string of the molecule is CCCCCCOC(=O)CCN(C)C. The maximum absolute atomic E-state index is 11.1. The first-order valence-corrected chi connectivity index (χ1v) is 5.47. The molecule has 0 amide bonds. The van der Waals surface area contributed by atoms with E-state index in [9.17, 15) is 4.79 Å². The minimum atomic E-state index is -0.0739. The lowest BCUT2D eigenvalue weighted by molar-refractivity contribution is -0.144. The van der Waals surface area contributed by atoms with Crippen LogP contribution in [0.4, 0.5) is 0 Å². The summed E-state index contributed by atoms with van der Waals surface area (Å²) < 4.78 is 5.07. The maximum Gasteiger partial charge on any atom is 0.307 e. The third kappa shape index (κ3) is 9.52. The van der Waals surface area contributed by atoms with E-state index in [0.717, 1.165) is 19.4 Å². The van der Waals surface area contributed by atoms with Crippen LogP contribution in [0.3, 0.4) is 0 Å². The molecule has 84 valence electrons. The van der Waals surface area contributed by atoms with Crippen molar-refractivity contribution in [2.24, 2.45) is 0 Å². The summed E-state index contributed by atoms with van der Waals surface area (Å²) >= 11 is 0. The Morgan fingerprint density at radius 3 is 2.50 bits per heavy atom. The van der Waals surface area contributed by atoms with E-state index in [1.54, 1.807) is 0 Å². The Balaban J connectivity index is 3.18. The van der Waals surface area contributed by atoms with Gasteiger partial charge in [-0.05, 0) is 20.5 Å². The van der Waals surface area contributed by atoms with Crippen molar-refractivity contribution in [1.82, 2.24) is 4.90 Å². The fourth-order valence-corrected chi connectivity index (χ4v) is 1.10. The first kappa shape index (κ1) is 13.4. The summed E-state index contributed by atoms with van der Waals surface area (Å²) in [7, 11) is 3.91. The monoisotopic (exact) mass is 201 g/mol. The maximum atomic E-state index is 11.1. The fraction of sp³-hybridized carbons (Fsp3) is 0.909. The minimum absolute atomic E-state index is 0.0739. The van der Waals surface area contributed by atoms with Crippen molar-refractivity contribution in [3.63, 3.8) is 0 Å². The highest BCUT2D eigenvalue weighted by Crippen LogP contribution is 1.99. The van der Waals surface area contributed by atoms with Crippen LogP contribution in [0.1, 0.15) is 39.0 Å². The van der Waals surface area contributed by atoms with Gasteiger partial charge in [-0.15, -0.1) is 0 Å². The van der Waals surface area contributed by atoms with Crippen molar-refractivity contribution in [3.8, 4) is 0 Å². The molecule has 0 aromatic rings. The number of unbranched alkanes of at least 4 members (excludes halogenated alkanes) is 3. The smallest absolute Gasteiger partial charge is 0.307 e. The average molecular weight is 201 g/mol. The van der Waals surface area contributed by atoms with Gasteiger partial charge in [0.25, 0.3) is 0 Å². The molecule has 0 saturated carbocycles. The molecule has 0 heterocycles. The molecule has 0 N–H and O–H groups in total. The van der Waals surface area contributed by atoms with E-state index in [-0.39, 0.29) is 5.97 Å². The molecule has 0 fully saturated rings. The number of ether oxygens (including phenoxy) is 1. The molecular formula is C11H23NO2. The predicted octanol–water partition coefficient (Wildman–Crippen LogP) is 2.06. The zero-order valence-electron chi connectivity index (χ0n) is 9.71. The molecule has 0 unspecified atom stereocenters. The van der Waals surface area contributed by atoms with Crippen LogP contribution < -0.4 is 0 Å². The van der Waals surface area contributed by atoms with Crippen molar-refractivity contribution in [3.05, 3.63) is 0 Å². The Bertz CT molecular complexity index is 146. The van der Waals surface area contributed by atoms with Crippen molar-refractivity contribution in [2.45, 2.75) is 39.0 Å². The summed E-state index contributed by atoms with van der Waals surface area (Å²) in [4.78, 5) is 13.1. The lowest BCUT2D eigenvalue weighted by atomic mass is 10.2. The number of esters is 1. The van der Waals surface area contributed by atoms with E-state index in [2.05, 4.69) is 6.92 Å². The first-order chi connectivity index (χ1) is 6.66. The van der Waals surface area contributed by atoms with E-state index in [4.69, 9.17) is 4.74 Å². The number of hydrogen-bond donors (Lipinski definition) is 0. The van der Waals surface area contributed by atoms with Crippen molar-refractivity contribution >= 4 is 5.97 Å². The predicted molar refractivity (Wildman–Crippen MR) is 58.3 cm³/mol. The Morgan fingerprint density at radius 2 is 1.93 bits per heavy atom. The third-order valence-electron chi connectivity index (χ3n) is 2.02. The van der Waals surface area contributed by atoms with Gasteiger partial charge in [-0.1, -0.05) is 26.2 Å². The zero-order chi connectivity index (χ0) is 10.8. The van der Waals surface area contributed by atoms with Crippen molar-refractivity contribution in [1.29, 1.82) is 0 Å². The number of carbonyl (C=O) groups excluding carboxylic acids is 1. The van der Waals surface area contributed by atoms with Crippen LogP contribution in [0.5, 0.6) is 0 Å². The summed E-state index contributed by atoms with van der Waals surface area (Å²) in [6, 6.07) is 0. The molecule has 0 aromatic heterocycles. The summed E-state index contributed by atoms with van der Waals surface area (Å²) in [6.07, 6.45) is 5.11. The quantitative estimate of drug-likeness (QED) is 0.445. The van der Waals surface area contributed by atoms with Crippen LogP contribution in [0.25, 0.3) is 0 Å². The topological polar surface area (TPSA) is 29.5 Å². The molecule has 0 saturated heterocycles. The van der Waals surface area contributed by atoms with Crippen molar-refractivity contribution in [2.75, 3.05) is 27.2 Å². The molecule has 0 radical (unpaired) electrons. The van der Waals surface area contributed by atoms with Crippen LogP contribution in [0, 0.1) is 0 Å². The van der Waals surface area contributed by atoms with E-state index in [1.165, 1.54) is 12.8 Å². The number of hydrogen-bond acceptors (Lipinski definition) is 3.